The lowest BCUT2D eigenvalue weighted by molar-refractivity contribution is -0.314. The summed E-state index contributed by atoms with van der Waals surface area (Å²) in [4.78, 5) is 37.2. The van der Waals surface area contributed by atoms with Crippen LogP contribution in [0.15, 0.2) is 54.6 Å². The highest BCUT2D eigenvalue weighted by molar-refractivity contribution is 5.85. The number of terminal acetylenes is 1. The van der Waals surface area contributed by atoms with Crippen LogP contribution in [0.4, 0.5) is 0 Å². The van der Waals surface area contributed by atoms with Crippen molar-refractivity contribution in [3.05, 3.63) is 65.7 Å². The van der Waals surface area contributed by atoms with E-state index in [1.165, 1.54) is 19.1 Å². The molecular weight excluding hydrogens is 592 g/mol. The fourth-order valence-electron chi connectivity index (χ4n) is 4.66. The van der Waals surface area contributed by atoms with Crippen LogP contribution >= 0.6 is 0 Å². The van der Waals surface area contributed by atoms with E-state index in [0.717, 1.165) is 0 Å². The summed E-state index contributed by atoms with van der Waals surface area (Å²) in [6.07, 6.45) is -2.46. The van der Waals surface area contributed by atoms with Crippen molar-refractivity contribution in [2.45, 2.75) is 68.2 Å². The standard InChI is InChI=1S/C31H38N2O12/c1-3-4-14-43-21-12-10-19(11-13-21)18-44-31(29(40)41)15-22(35)25(33-24(37)17-34)27(45-31)26(38)23(36)16-32-28(39)30(2,42)20-8-6-5-7-9-20/h1,5-13,22-23,25-27,34-36,38,42H,4,14-18H2,2H3,(H,32,39)(H,33,37)(H,40,41)/t22-,23+,25+,26+,27+,30?,31+/m0/s1. The summed E-state index contributed by atoms with van der Waals surface area (Å²) in [5.74, 6) is -3.13. The van der Waals surface area contributed by atoms with Gasteiger partial charge in [0, 0.05) is 19.4 Å². The van der Waals surface area contributed by atoms with E-state index < -0.39 is 79.2 Å². The number of aliphatic carboxylic acids is 1. The van der Waals surface area contributed by atoms with E-state index in [0.29, 0.717) is 24.3 Å². The minimum atomic E-state index is -2.55. The van der Waals surface area contributed by atoms with E-state index in [2.05, 4.69) is 16.6 Å². The van der Waals surface area contributed by atoms with Crippen LogP contribution < -0.4 is 15.4 Å². The predicted molar refractivity (Wildman–Crippen MR) is 156 cm³/mol. The molecule has 14 heteroatoms. The highest BCUT2D eigenvalue weighted by Crippen LogP contribution is 2.34. The number of aliphatic hydroxyl groups excluding tert-OH is 4. The quantitative estimate of drug-likeness (QED) is 0.0855. The zero-order valence-electron chi connectivity index (χ0n) is 24.5. The zero-order chi connectivity index (χ0) is 33.2. The Balaban J connectivity index is 1.77. The molecule has 0 bridgehead atoms. The number of carboxylic acid groups (broad SMARTS) is 1. The Morgan fingerprint density at radius 3 is 2.42 bits per heavy atom. The van der Waals surface area contributed by atoms with Gasteiger partial charge in [0.2, 0.25) is 5.91 Å². The summed E-state index contributed by atoms with van der Waals surface area (Å²) in [5.41, 5.74) is -1.24. The maximum Gasteiger partial charge on any atom is 0.364 e. The Kier molecular flexibility index (Phi) is 12.4. The molecule has 2 aromatic rings. The third kappa shape index (κ3) is 8.99. The highest BCUT2D eigenvalue weighted by atomic mass is 16.7. The van der Waals surface area contributed by atoms with Crippen LogP contribution in [0.2, 0.25) is 0 Å². The number of hydrogen-bond donors (Lipinski definition) is 8. The van der Waals surface area contributed by atoms with E-state index >= 15 is 0 Å². The lowest BCUT2D eigenvalue weighted by atomic mass is 9.88. The minimum Gasteiger partial charge on any atom is -0.493 e. The number of benzene rings is 2. The number of nitrogens with one attached hydrogen (secondary N) is 2. The van der Waals surface area contributed by atoms with Crippen LogP contribution in [0.1, 0.15) is 30.9 Å². The van der Waals surface area contributed by atoms with Gasteiger partial charge in [-0.1, -0.05) is 42.5 Å². The molecule has 244 valence electrons. The molecule has 0 spiro atoms. The second kappa shape index (κ2) is 15.8. The van der Waals surface area contributed by atoms with Gasteiger partial charge in [0.15, 0.2) is 5.60 Å². The molecule has 7 atom stereocenters. The highest BCUT2D eigenvalue weighted by Gasteiger charge is 2.56. The van der Waals surface area contributed by atoms with Crippen LogP contribution in [0.5, 0.6) is 5.75 Å². The zero-order valence-corrected chi connectivity index (χ0v) is 24.5. The first-order valence-corrected chi connectivity index (χ1v) is 14.1. The summed E-state index contributed by atoms with van der Waals surface area (Å²) < 4.78 is 16.8. The molecule has 0 aromatic heterocycles. The second-order valence-electron chi connectivity index (χ2n) is 10.6. The molecule has 0 radical (unpaired) electrons. The molecule has 0 saturated carbocycles. The monoisotopic (exact) mass is 630 g/mol. The smallest absolute Gasteiger partial charge is 0.364 e. The molecule has 1 heterocycles. The van der Waals surface area contributed by atoms with Gasteiger partial charge in [0.25, 0.3) is 11.7 Å². The molecule has 1 saturated heterocycles. The van der Waals surface area contributed by atoms with Crippen LogP contribution in [-0.2, 0) is 36.1 Å². The normalized spacial score (nSPS) is 23.9. The summed E-state index contributed by atoms with van der Waals surface area (Å²) in [5, 5.41) is 67.5. The first-order valence-electron chi connectivity index (χ1n) is 14.1. The molecule has 0 aliphatic carbocycles. The van der Waals surface area contributed by atoms with E-state index in [1.807, 2.05) is 0 Å². The predicted octanol–water partition coefficient (Wildman–Crippen LogP) is -1.24. The summed E-state index contributed by atoms with van der Waals surface area (Å²) in [7, 11) is 0. The van der Waals surface area contributed by atoms with Gasteiger partial charge in [0.1, 0.15) is 24.6 Å². The van der Waals surface area contributed by atoms with Crippen molar-refractivity contribution in [3.8, 4) is 18.1 Å². The van der Waals surface area contributed by atoms with Gasteiger partial charge < -0.3 is 55.5 Å². The molecule has 1 unspecified atom stereocenters. The molecule has 8 N–H and O–H groups in total. The first kappa shape index (κ1) is 35.4. The van der Waals surface area contributed by atoms with Crippen molar-refractivity contribution < 1.29 is 59.2 Å². The summed E-state index contributed by atoms with van der Waals surface area (Å²) >= 11 is 0. The fourth-order valence-corrected chi connectivity index (χ4v) is 4.66. The topological polar surface area (TPSA) is 224 Å². The number of carbonyl (C=O) groups is 3. The minimum absolute atomic E-state index is 0.262. The Morgan fingerprint density at radius 1 is 1.16 bits per heavy atom. The van der Waals surface area contributed by atoms with Crippen LogP contribution in [0, 0.1) is 12.3 Å². The summed E-state index contributed by atoms with van der Waals surface area (Å²) in [6, 6.07) is 12.9. The number of amides is 2. The Bertz CT molecular complexity index is 1330. The third-order valence-corrected chi connectivity index (χ3v) is 7.26. The van der Waals surface area contributed by atoms with Crippen LogP contribution in [0.25, 0.3) is 0 Å². The van der Waals surface area contributed by atoms with Gasteiger partial charge in [-0.15, -0.1) is 12.3 Å². The number of carbonyl (C=O) groups excluding carboxylic acids is 2. The average molecular weight is 631 g/mol. The van der Waals surface area contributed by atoms with Gasteiger partial charge in [-0.2, -0.15) is 0 Å². The average Bonchev–Trinajstić information content (AvgIpc) is 3.04. The largest absolute Gasteiger partial charge is 0.493 e. The summed E-state index contributed by atoms with van der Waals surface area (Å²) in [6.45, 7) is -0.425. The molecule has 14 nitrogen and oxygen atoms in total. The lowest BCUT2D eigenvalue weighted by Gasteiger charge is -2.46. The van der Waals surface area contributed by atoms with Gasteiger partial charge in [-0.05, 0) is 30.2 Å². The Labute approximate surface area is 259 Å². The van der Waals surface area contributed by atoms with Crippen molar-refractivity contribution in [2.24, 2.45) is 0 Å². The van der Waals surface area contributed by atoms with Gasteiger partial charge >= 0.3 is 5.97 Å². The van der Waals surface area contributed by atoms with E-state index in [9.17, 15) is 45.0 Å². The van der Waals surface area contributed by atoms with Crippen LogP contribution in [-0.4, -0.2) is 104 Å². The molecule has 1 aliphatic rings. The van der Waals surface area contributed by atoms with E-state index in [4.69, 9.17) is 20.6 Å². The maximum absolute atomic E-state index is 12.7. The molecule has 2 aromatic carbocycles. The number of ether oxygens (including phenoxy) is 3. The lowest BCUT2D eigenvalue weighted by Crippen LogP contribution is -2.68. The molecule has 2 amide bonds. The molecule has 45 heavy (non-hydrogen) atoms. The van der Waals surface area contributed by atoms with E-state index in [1.54, 1.807) is 42.5 Å². The van der Waals surface area contributed by atoms with Gasteiger partial charge in [-0.25, -0.2) is 4.79 Å². The number of aliphatic hydroxyl groups is 5. The first-order chi connectivity index (χ1) is 21.3. The number of hydrogen-bond acceptors (Lipinski definition) is 11. The maximum atomic E-state index is 12.7. The van der Waals surface area contributed by atoms with Crippen molar-refractivity contribution in [1.29, 1.82) is 0 Å². The second-order valence-corrected chi connectivity index (χ2v) is 10.6. The third-order valence-electron chi connectivity index (χ3n) is 7.26. The molecular formula is C31H38N2O12. The molecule has 1 fully saturated rings. The van der Waals surface area contributed by atoms with Crippen molar-refractivity contribution >= 4 is 17.8 Å². The molecule has 3 rings (SSSR count). The molecule has 1 aliphatic heterocycles. The van der Waals surface area contributed by atoms with Crippen LogP contribution in [0.3, 0.4) is 0 Å². The Hall–Kier alpha value is -4.07. The number of carboxylic acids is 1. The van der Waals surface area contributed by atoms with E-state index in [-0.39, 0.29) is 12.2 Å². The SMILES string of the molecule is C#CCCOc1ccc(CO[C@]2(C(=O)O)C[C@H](O)[C@@H](NC(=O)CO)[C@H]([C@H](O)[C@H](O)CNC(=O)C(C)(O)c3ccccc3)O2)cc1. The van der Waals surface area contributed by atoms with Gasteiger partial charge in [-0.3, -0.25) is 9.59 Å². The fraction of sp³-hybridized carbons (Fsp3) is 0.452. The Morgan fingerprint density at radius 2 is 1.82 bits per heavy atom. The number of rotatable bonds is 15. The van der Waals surface area contributed by atoms with Crippen molar-refractivity contribution in [2.75, 3.05) is 19.8 Å². The van der Waals surface area contributed by atoms with Crippen molar-refractivity contribution in [1.82, 2.24) is 10.6 Å². The van der Waals surface area contributed by atoms with Gasteiger partial charge in [0.05, 0.1) is 31.5 Å². The van der Waals surface area contributed by atoms with Crippen molar-refractivity contribution in [3.63, 3.8) is 0 Å².